The summed E-state index contributed by atoms with van der Waals surface area (Å²) in [6.45, 7) is 5.53. The molecule has 0 aromatic carbocycles. The lowest BCUT2D eigenvalue weighted by Crippen LogP contribution is -2.33. The molecule has 14 heavy (non-hydrogen) atoms. The Morgan fingerprint density at radius 3 is 2.86 bits per heavy atom. The summed E-state index contributed by atoms with van der Waals surface area (Å²) in [6.07, 6.45) is 7.87. The molecule has 0 aromatic rings. The first-order valence-corrected chi connectivity index (χ1v) is 7.04. The third kappa shape index (κ3) is 4.05. The van der Waals surface area contributed by atoms with Crippen LogP contribution in [-0.2, 0) is 0 Å². The summed E-state index contributed by atoms with van der Waals surface area (Å²) in [5.41, 5.74) is 1.67. The van der Waals surface area contributed by atoms with Gasteiger partial charge in [0.15, 0.2) is 0 Å². The lowest BCUT2D eigenvalue weighted by molar-refractivity contribution is 0.580. The molecule has 1 aliphatic carbocycles. The highest BCUT2D eigenvalue weighted by Gasteiger charge is 2.14. The minimum atomic E-state index is 0.644. The zero-order valence-electron chi connectivity index (χ0n) is 9.51. The molecule has 0 saturated heterocycles. The van der Waals surface area contributed by atoms with Crippen molar-refractivity contribution in [2.75, 3.05) is 18.1 Å². The highest BCUT2D eigenvalue weighted by Crippen LogP contribution is 2.22. The molecule has 82 valence electrons. The molecule has 1 nitrogen and oxygen atoms in total. The molecule has 0 saturated carbocycles. The first kappa shape index (κ1) is 12.1. The van der Waals surface area contributed by atoms with Crippen LogP contribution in [0.5, 0.6) is 0 Å². The number of rotatable bonds is 6. The van der Waals surface area contributed by atoms with Crippen LogP contribution in [0.2, 0.25) is 0 Å². The molecule has 0 fully saturated rings. The van der Waals surface area contributed by atoms with Gasteiger partial charge < -0.3 is 5.32 Å². The van der Waals surface area contributed by atoms with Crippen molar-refractivity contribution >= 4 is 11.8 Å². The summed E-state index contributed by atoms with van der Waals surface area (Å²) in [4.78, 5) is 0. The van der Waals surface area contributed by atoms with E-state index in [0.29, 0.717) is 6.04 Å². The fourth-order valence-electron chi connectivity index (χ4n) is 1.96. The maximum atomic E-state index is 3.60. The Bertz CT molecular complexity index is 177. The van der Waals surface area contributed by atoms with E-state index in [0.717, 1.165) is 6.54 Å². The average molecular weight is 213 g/mol. The quantitative estimate of drug-likeness (QED) is 0.680. The third-order valence-corrected chi connectivity index (χ3v) is 3.69. The number of hydrogen-bond acceptors (Lipinski definition) is 2. The van der Waals surface area contributed by atoms with Gasteiger partial charge in [0.1, 0.15) is 0 Å². The Morgan fingerprint density at radius 2 is 2.29 bits per heavy atom. The minimum Gasteiger partial charge on any atom is -0.310 e. The molecule has 0 heterocycles. The van der Waals surface area contributed by atoms with Crippen LogP contribution in [0.15, 0.2) is 11.6 Å². The second kappa shape index (κ2) is 7.36. The maximum absolute atomic E-state index is 3.60. The van der Waals surface area contributed by atoms with Crippen LogP contribution in [-0.4, -0.2) is 24.1 Å². The van der Waals surface area contributed by atoms with Crippen LogP contribution < -0.4 is 5.32 Å². The van der Waals surface area contributed by atoms with Crippen molar-refractivity contribution in [3.8, 4) is 0 Å². The number of likely N-dealkylation sites (N-methyl/N-ethyl adjacent to an activating group) is 1. The number of thioether (sulfide) groups is 1. The van der Waals surface area contributed by atoms with Crippen LogP contribution in [0.4, 0.5) is 0 Å². The molecule has 1 atom stereocenters. The van der Waals surface area contributed by atoms with Crippen molar-refractivity contribution in [2.24, 2.45) is 0 Å². The average Bonchev–Trinajstić information content (AvgIpc) is 2.25. The van der Waals surface area contributed by atoms with Gasteiger partial charge in [-0.25, -0.2) is 0 Å². The Labute approximate surface area is 92.7 Å². The molecular formula is C12H23NS. The lowest BCUT2D eigenvalue weighted by atomic mass is 9.95. The highest BCUT2D eigenvalue weighted by atomic mass is 32.2. The van der Waals surface area contributed by atoms with Crippen LogP contribution in [0, 0.1) is 0 Å². The van der Waals surface area contributed by atoms with Gasteiger partial charge in [0.2, 0.25) is 0 Å². The standard InChI is InChI=1S/C12H23NS/c1-3-13-12(10-14-4-2)11-8-6-5-7-9-11/h8,12-13H,3-7,9-10H2,1-2H3. The summed E-state index contributed by atoms with van der Waals surface area (Å²) >= 11 is 2.05. The summed E-state index contributed by atoms with van der Waals surface area (Å²) in [5.74, 6) is 2.48. The number of allylic oxidation sites excluding steroid dienone is 1. The lowest BCUT2D eigenvalue weighted by Gasteiger charge is -2.23. The van der Waals surface area contributed by atoms with Gasteiger partial charge in [-0.2, -0.15) is 11.8 Å². The van der Waals surface area contributed by atoms with Gasteiger partial charge in [-0.05, 0) is 38.0 Å². The minimum absolute atomic E-state index is 0.644. The molecule has 0 spiro atoms. The summed E-state index contributed by atoms with van der Waals surface area (Å²) in [5, 5.41) is 3.60. The van der Waals surface area contributed by atoms with Crippen molar-refractivity contribution in [3.63, 3.8) is 0 Å². The Balaban J connectivity index is 2.42. The molecule has 1 unspecified atom stereocenters. The molecule has 1 aliphatic rings. The fourth-order valence-corrected chi connectivity index (χ4v) is 2.76. The smallest absolute Gasteiger partial charge is 0.0370 e. The van der Waals surface area contributed by atoms with Gasteiger partial charge in [-0.3, -0.25) is 0 Å². The van der Waals surface area contributed by atoms with Gasteiger partial charge in [-0.1, -0.05) is 25.5 Å². The summed E-state index contributed by atoms with van der Waals surface area (Å²) in [6, 6.07) is 0.644. The van der Waals surface area contributed by atoms with Crippen LogP contribution in [0.1, 0.15) is 39.5 Å². The molecule has 0 aliphatic heterocycles. The van der Waals surface area contributed by atoms with Crippen LogP contribution >= 0.6 is 11.8 Å². The molecule has 0 bridgehead atoms. The topological polar surface area (TPSA) is 12.0 Å². The van der Waals surface area contributed by atoms with Crippen molar-refractivity contribution in [2.45, 2.75) is 45.6 Å². The first-order chi connectivity index (χ1) is 6.88. The molecule has 1 rings (SSSR count). The van der Waals surface area contributed by atoms with E-state index in [9.17, 15) is 0 Å². The molecule has 2 heteroatoms. The molecule has 0 radical (unpaired) electrons. The Morgan fingerprint density at radius 1 is 1.43 bits per heavy atom. The van der Waals surface area contributed by atoms with Crippen LogP contribution in [0.25, 0.3) is 0 Å². The zero-order chi connectivity index (χ0) is 10.2. The zero-order valence-corrected chi connectivity index (χ0v) is 10.3. The van der Waals surface area contributed by atoms with Gasteiger partial charge in [0.25, 0.3) is 0 Å². The van der Waals surface area contributed by atoms with E-state index in [1.165, 1.54) is 37.2 Å². The van der Waals surface area contributed by atoms with Crippen LogP contribution in [0.3, 0.4) is 0 Å². The second-order valence-electron chi connectivity index (χ2n) is 3.79. The van der Waals surface area contributed by atoms with Gasteiger partial charge in [0.05, 0.1) is 0 Å². The molecular weight excluding hydrogens is 190 g/mol. The van der Waals surface area contributed by atoms with Crippen molar-refractivity contribution in [3.05, 3.63) is 11.6 Å². The predicted octanol–water partition coefficient (Wildman–Crippen LogP) is 3.22. The summed E-state index contributed by atoms with van der Waals surface area (Å²) in [7, 11) is 0. The van der Waals surface area contributed by atoms with E-state index in [4.69, 9.17) is 0 Å². The van der Waals surface area contributed by atoms with Crippen molar-refractivity contribution in [1.29, 1.82) is 0 Å². The van der Waals surface area contributed by atoms with E-state index in [1.54, 1.807) is 5.57 Å². The first-order valence-electron chi connectivity index (χ1n) is 5.88. The monoisotopic (exact) mass is 213 g/mol. The van der Waals surface area contributed by atoms with Gasteiger partial charge in [-0.15, -0.1) is 0 Å². The Hall–Kier alpha value is 0.0500. The largest absolute Gasteiger partial charge is 0.310 e. The second-order valence-corrected chi connectivity index (χ2v) is 5.11. The Kier molecular flexibility index (Phi) is 6.37. The number of hydrogen-bond donors (Lipinski definition) is 1. The van der Waals surface area contributed by atoms with E-state index >= 15 is 0 Å². The van der Waals surface area contributed by atoms with Crippen molar-refractivity contribution in [1.82, 2.24) is 5.32 Å². The predicted molar refractivity (Wildman–Crippen MR) is 67.0 cm³/mol. The number of nitrogens with one attached hydrogen (secondary N) is 1. The van der Waals surface area contributed by atoms with E-state index in [-0.39, 0.29) is 0 Å². The summed E-state index contributed by atoms with van der Waals surface area (Å²) < 4.78 is 0. The van der Waals surface area contributed by atoms with Crippen molar-refractivity contribution < 1.29 is 0 Å². The maximum Gasteiger partial charge on any atom is 0.0370 e. The highest BCUT2D eigenvalue weighted by molar-refractivity contribution is 7.99. The molecule has 0 aromatic heterocycles. The van der Waals surface area contributed by atoms with E-state index in [2.05, 4.69) is 25.2 Å². The van der Waals surface area contributed by atoms with Gasteiger partial charge in [0, 0.05) is 11.8 Å². The third-order valence-electron chi connectivity index (χ3n) is 2.71. The SMILES string of the molecule is CCNC(CSCC)C1=CCCCC1. The molecule has 1 N–H and O–H groups in total. The van der Waals surface area contributed by atoms with E-state index in [1.807, 2.05) is 11.8 Å². The van der Waals surface area contributed by atoms with E-state index < -0.39 is 0 Å². The fraction of sp³-hybridized carbons (Fsp3) is 0.833. The molecule has 0 amide bonds. The normalized spacial score (nSPS) is 19.1. The van der Waals surface area contributed by atoms with Gasteiger partial charge >= 0.3 is 0 Å².